The van der Waals surface area contributed by atoms with Gasteiger partial charge in [-0.3, -0.25) is 9.59 Å². The average Bonchev–Trinajstić information content (AvgIpc) is 3.52. The van der Waals surface area contributed by atoms with E-state index in [2.05, 4.69) is 56.1 Å². The summed E-state index contributed by atoms with van der Waals surface area (Å²) in [4.78, 5) is 20.3. The summed E-state index contributed by atoms with van der Waals surface area (Å²) in [6.07, 6.45) is 6.00. The molecular formula is C43H65F2HgN4O4. The van der Waals surface area contributed by atoms with Crippen molar-refractivity contribution in [3.8, 4) is 11.1 Å². The first-order valence-electron chi connectivity index (χ1n) is 18.8. The van der Waals surface area contributed by atoms with Gasteiger partial charge >= 0.3 is 181 Å². The number of carboxylic acids is 1. The number of aliphatic carboxylic acids is 1. The number of benzene rings is 2. The van der Waals surface area contributed by atoms with E-state index in [-0.39, 0.29) is 33.0 Å². The number of nitrogens with zero attached hydrogens (tertiary/aromatic N) is 1. The van der Waals surface area contributed by atoms with E-state index in [1.54, 1.807) is 6.92 Å². The van der Waals surface area contributed by atoms with E-state index < -0.39 is 17.6 Å². The number of aliphatic hydroxyl groups excluding tert-OH is 1. The van der Waals surface area contributed by atoms with Crippen LogP contribution in [0.2, 0.25) is 2.92 Å². The molecule has 0 aliphatic heterocycles. The van der Waals surface area contributed by atoms with Gasteiger partial charge in [0.15, 0.2) is 0 Å². The second-order valence-corrected chi connectivity index (χ2v) is 21.4. The standard InChI is InChI=1S/C22H22F2NO.C12H23NO2.C7H14N2O.C2H6.Hg/c1-15(2)20(14-26)22-10-17(19-11-18(23)8-9-21(19)24)13-25(22)12-16-6-4-3-5-7-16;1-9(2)11(4)13-8-6-5-7-10(3)12(14)15;1-6(2)7(8)3-4-9-5-10;1-2;/h3-11,13,20,26H,12,14H2,1-2H3;9-10,13H,4-8H2,1-3H3,(H,14,15);5,7H,1,3-4,8H2,2H3,(H,9,10);1-2H3;. The second-order valence-electron chi connectivity index (χ2n) is 14.3. The SMILES string of the molecule is C=C(C)C(N)CCNC=O.C=C(NCCCCC(C)C(=O)O)C(C)C.CC.C[C](C)([Hg])C(CO)c1cc(-c2cc(F)ccc2F)cn1Cc1ccccc1. The van der Waals surface area contributed by atoms with E-state index in [0.717, 1.165) is 66.9 Å². The number of halogens is 2. The Balaban J connectivity index is 0.000000878. The molecule has 3 unspecified atom stereocenters. The van der Waals surface area contributed by atoms with Crippen LogP contribution in [0.1, 0.15) is 98.2 Å². The molecule has 3 aromatic rings. The van der Waals surface area contributed by atoms with Gasteiger partial charge in [-0.25, -0.2) is 0 Å². The first-order valence-corrected chi connectivity index (χ1v) is 21.6. The fourth-order valence-electron chi connectivity index (χ4n) is 5.04. The van der Waals surface area contributed by atoms with Crippen LogP contribution in [0.15, 0.2) is 85.2 Å². The zero-order valence-electron chi connectivity index (χ0n) is 33.9. The molecule has 0 fully saturated rings. The maximum atomic E-state index is 14.3. The van der Waals surface area contributed by atoms with Crippen molar-refractivity contribution in [2.24, 2.45) is 17.6 Å². The van der Waals surface area contributed by atoms with Crippen molar-refractivity contribution in [2.45, 2.75) is 103 Å². The first-order chi connectivity index (χ1) is 25.4. The Morgan fingerprint density at radius 1 is 1.02 bits per heavy atom. The zero-order valence-corrected chi connectivity index (χ0v) is 39.4. The van der Waals surface area contributed by atoms with E-state index in [9.17, 15) is 23.5 Å². The Morgan fingerprint density at radius 3 is 2.17 bits per heavy atom. The third-order valence-corrected chi connectivity index (χ3v) is 10.6. The van der Waals surface area contributed by atoms with Gasteiger partial charge in [0.05, 0.1) is 5.92 Å². The zero-order chi connectivity index (χ0) is 41.4. The number of nitrogens with two attached hydrogens (primary N) is 1. The minimum absolute atomic E-state index is 0.00690. The van der Waals surface area contributed by atoms with Gasteiger partial charge in [-0.15, -0.1) is 0 Å². The van der Waals surface area contributed by atoms with Crippen LogP contribution in [0.25, 0.3) is 11.1 Å². The number of amides is 1. The number of carbonyl (C=O) groups is 2. The molecule has 3 rings (SSSR count). The number of carboxylic acid groups (broad SMARTS) is 1. The average molecular weight is 941 g/mol. The number of rotatable bonds is 19. The summed E-state index contributed by atoms with van der Waals surface area (Å²) in [5.74, 6) is -1.42. The van der Waals surface area contributed by atoms with Crippen molar-refractivity contribution >= 4 is 12.4 Å². The monoisotopic (exact) mass is 941 g/mol. The Bertz CT molecular complexity index is 1540. The van der Waals surface area contributed by atoms with Crippen LogP contribution in [0, 0.1) is 23.5 Å². The number of hydrogen-bond acceptors (Lipinski definition) is 5. The molecule has 0 spiro atoms. The van der Waals surface area contributed by atoms with Gasteiger partial charge in [0.1, 0.15) is 0 Å². The third kappa shape index (κ3) is 19.8. The molecule has 0 saturated carbocycles. The summed E-state index contributed by atoms with van der Waals surface area (Å²) >= 11 is 0.427. The quantitative estimate of drug-likeness (QED) is 0.0354. The van der Waals surface area contributed by atoms with Crippen molar-refractivity contribution in [3.05, 3.63) is 108 Å². The number of hydrogen-bond donors (Lipinski definition) is 5. The van der Waals surface area contributed by atoms with Gasteiger partial charge < -0.3 is 21.5 Å². The van der Waals surface area contributed by atoms with Crippen LogP contribution in [0.3, 0.4) is 0 Å². The molecule has 6 N–H and O–H groups in total. The molecule has 8 nitrogen and oxygen atoms in total. The van der Waals surface area contributed by atoms with Crippen LogP contribution in [-0.4, -0.2) is 52.9 Å². The van der Waals surface area contributed by atoms with E-state index in [1.807, 2.05) is 63.4 Å². The van der Waals surface area contributed by atoms with Crippen LogP contribution >= 0.6 is 0 Å². The minimum atomic E-state index is -0.699. The van der Waals surface area contributed by atoms with E-state index in [4.69, 9.17) is 10.8 Å². The predicted molar refractivity (Wildman–Crippen MR) is 215 cm³/mol. The van der Waals surface area contributed by atoms with E-state index in [1.165, 1.54) is 6.07 Å². The topological polar surface area (TPSA) is 130 Å². The summed E-state index contributed by atoms with van der Waals surface area (Å²) in [5.41, 5.74) is 10.6. The Labute approximate surface area is 339 Å². The molecule has 1 amide bonds. The van der Waals surface area contributed by atoms with Gasteiger partial charge in [0.25, 0.3) is 0 Å². The Hall–Kier alpha value is -3.34. The van der Waals surface area contributed by atoms with Crippen molar-refractivity contribution in [1.82, 2.24) is 15.2 Å². The molecule has 0 aliphatic carbocycles. The van der Waals surface area contributed by atoms with Gasteiger partial charge in [-0.1, -0.05) is 59.8 Å². The molecule has 0 saturated heterocycles. The van der Waals surface area contributed by atoms with Gasteiger partial charge in [-0.05, 0) is 32.1 Å². The molecule has 11 heteroatoms. The molecule has 0 aliphatic rings. The fraction of sp³-hybridized carbons (Fsp3) is 0.488. The summed E-state index contributed by atoms with van der Waals surface area (Å²) in [5, 5.41) is 24.5. The number of aromatic nitrogens is 1. The first kappa shape index (κ1) is 50.7. The van der Waals surface area contributed by atoms with E-state index >= 15 is 0 Å². The predicted octanol–water partition coefficient (Wildman–Crippen LogP) is 8.99. The number of allylic oxidation sites excluding steroid dienone is 1. The number of nitrogens with one attached hydrogen (secondary N) is 2. The normalized spacial score (nSPS) is 12.4. The Kier molecular flexibility index (Phi) is 25.6. The number of unbranched alkanes of at least 4 members (excludes halogenated alkanes) is 1. The number of aliphatic hydroxyl groups is 1. The molecule has 54 heavy (non-hydrogen) atoms. The second kappa shape index (κ2) is 27.3. The van der Waals surface area contributed by atoms with Crippen molar-refractivity contribution in [2.75, 3.05) is 19.7 Å². The molecule has 2 aromatic carbocycles. The molecule has 1 heterocycles. The van der Waals surface area contributed by atoms with Crippen LogP contribution < -0.4 is 16.4 Å². The molecule has 297 valence electrons. The summed E-state index contributed by atoms with van der Waals surface area (Å²) in [6, 6.07) is 15.4. The van der Waals surface area contributed by atoms with Crippen LogP contribution in [0.4, 0.5) is 8.78 Å². The summed E-state index contributed by atoms with van der Waals surface area (Å²) in [7, 11) is 0. The number of carbonyl (C=O) groups excluding carboxylic acids is 1. The molecule has 0 radical (unpaired) electrons. The van der Waals surface area contributed by atoms with Crippen molar-refractivity contribution < 1.29 is 54.7 Å². The summed E-state index contributed by atoms with van der Waals surface area (Å²) in [6.45, 7) is 25.9. The molecular weight excluding hydrogens is 875 g/mol. The van der Waals surface area contributed by atoms with Crippen LogP contribution in [0.5, 0.6) is 0 Å². The van der Waals surface area contributed by atoms with Crippen molar-refractivity contribution in [1.29, 1.82) is 0 Å². The fourth-order valence-corrected chi connectivity index (χ4v) is 6.36. The van der Waals surface area contributed by atoms with Gasteiger partial charge in [-0.2, -0.15) is 0 Å². The van der Waals surface area contributed by atoms with Gasteiger partial charge in [0.2, 0.25) is 6.41 Å². The van der Waals surface area contributed by atoms with Gasteiger partial charge in [0, 0.05) is 24.8 Å². The molecule has 1 aromatic heterocycles. The third-order valence-electron chi connectivity index (χ3n) is 8.70. The molecule has 0 bridgehead atoms. The van der Waals surface area contributed by atoms with Crippen molar-refractivity contribution in [3.63, 3.8) is 0 Å². The Morgan fingerprint density at radius 2 is 1.65 bits per heavy atom. The van der Waals surface area contributed by atoms with Crippen LogP contribution in [-0.2, 0) is 42.3 Å². The van der Waals surface area contributed by atoms with E-state index in [0.29, 0.717) is 57.1 Å². The molecule has 3 atom stereocenters. The maximum absolute atomic E-state index is 14.3. The summed E-state index contributed by atoms with van der Waals surface area (Å²) < 4.78 is 30.1.